The first-order valence-electron chi connectivity index (χ1n) is 13.1. The van der Waals surface area contributed by atoms with Gasteiger partial charge in [0, 0.05) is 41.3 Å². The third-order valence-electron chi connectivity index (χ3n) is 7.46. The number of anilines is 1. The Morgan fingerprint density at radius 3 is 2.77 bits per heavy atom. The number of rotatable bonds is 5. The van der Waals surface area contributed by atoms with Gasteiger partial charge in [0.2, 0.25) is 0 Å². The second kappa shape index (κ2) is 9.91. The van der Waals surface area contributed by atoms with E-state index in [4.69, 9.17) is 9.72 Å². The van der Waals surface area contributed by atoms with Crippen molar-refractivity contribution in [2.24, 2.45) is 0 Å². The summed E-state index contributed by atoms with van der Waals surface area (Å²) in [5.74, 6) is 0.0961. The molecule has 2 atom stereocenters. The van der Waals surface area contributed by atoms with Crippen LogP contribution in [-0.2, 0) is 17.5 Å². The number of nitrogens with one attached hydrogen (secondary N) is 2. The zero-order valence-corrected chi connectivity index (χ0v) is 21.6. The fourth-order valence-corrected chi connectivity index (χ4v) is 5.64. The highest BCUT2D eigenvalue weighted by atomic mass is 19.4. The highest BCUT2D eigenvalue weighted by Gasteiger charge is 2.41. The maximum atomic E-state index is 14.6. The molecule has 2 aliphatic rings. The summed E-state index contributed by atoms with van der Waals surface area (Å²) < 4.78 is 65.1. The molecule has 1 aromatic carbocycles. The van der Waals surface area contributed by atoms with E-state index in [0.29, 0.717) is 42.0 Å². The third-order valence-corrected chi connectivity index (χ3v) is 7.46. The van der Waals surface area contributed by atoms with Gasteiger partial charge in [-0.15, -0.1) is 0 Å². The van der Waals surface area contributed by atoms with Crippen LogP contribution in [0.3, 0.4) is 0 Å². The third kappa shape index (κ3) is 4.87. The number of fused-ring (bicyclic) bond motifs is 1. The van der Waals surface area contributed by atoms with Crippen molar-refractivity contribution in [3.8, 4) is 22.6 Å². The Labute approximate surface area is 222 Å². The number of aryl methyl sites for hydroxylation is 1. The predicted octanol–water partition coefficient (Wildman–Crippen LogP) is 4.93. The van der Waals surface area contributed by atoms with Gasteiger partial charge in [0.25, 0.3) is 0 Å². The van der Waals surface area contributed by atoms with E-state index in [0.717, 1.165) is 24.1 Å². The molecule has 5 heterocycles. The Morgan fingerprint density at radius 2 is 2.03 bits per heavy atom. The lowest BCUT2D eigenvalue weighted by atomic mass is 10.1. The SMILES string of the molecule is Cc1nn(C[C@@H]2CCCN2)c(C(F)(F)F)c1-c1cc(N2CCOC[C@H]2C)nc(-c2cc(F)cc3[nH]ccc23)n1. The second-order valence-electron chi connectivity index (χ2n) is 10.2. The number of alkyl halides is 3. The topological polar surface area (TPSA) is 83.9 Å². The van der Waals surface area contributed by atoms with Gasteiger partial charge < -0.3 is 19.9 Å². The van der Waals surface area contributed by atoms with Crippen LogP contribution in [0.15, 0.2) is 30.5 Å². The van der Waals surface area contributed by atoms with Crippen molar-refractivity contribution in [3.05, 3.63) is 47.7 Å². The first-order valence-corrected chi connectivity index (χ1v) is 13.1. The molecular formula is C27H29F4N7O. The van der Waals surface area contributed by atoms with Gasteiger partial charge in [-0.1, -0.05) is 0 Å². The Kier molecular flexibility index (Phi) is 6.54. The van der Waals surface area contributed by atoms with Crippen molar-refractivity contribution in [1.82, 2.24) is 30.0 Å². The summed E-state index contributed by atoms with van der Waals surface area (Å²) in [4.78, 5) is 14.3. The number of hydrogen-bond acceptors (Lipinski definition) is 6. The van der Waals surface area contributed by atoms with Gasteiger partial charge >= 0.3 is 6.18 Å². The van der Waals surface area contributed by atoms with Gasteiger partial charge in [0.15, 0.2) is 11.5 Å². The molecule has 206 valence electrons. The summed E-state index contributed by atoms with van der Waals surface area (Å²) in [6.45, 7) is 5.83. The van der Waals surface area contributed by atoms with Crippen LogP contribution >= 0.6 is 0 Å². The standard InChI is InChI=1S/C27H29F4N7O/c1-15-14-39-9-8-37(15)23-12-22(34-26(35-23)20-10-17(28)11-21-19(20)5-7-33-21)24-16(2)36-38(25(24)27(29,30)31)13-18-4-3-6-32-18/h5,7,10-12,15,18,32-33H,3-4,6,8-9,13-14H2,1-2H3/t15-,18+/m1/s1. The molecule has 6 rings (SSSR count). The number of aromatic nitrogens is 5. The van der Waals surface area contributed by atoms with E-state index < -0.39 is 17.7 Å². The lowest BCUT2D eigenvalue weighted by Crippen LogP contribution is -2.44. The minimum Gasteiger partial charge on any atom is -0.377 e. The molecule has 0 spiro atoms. The molecule has 0 bridgehead atoms. The van der Waals surface area contributed by atoms with E-state index in [1.807, 2.05) is 11.8 Å². The van der Waals surface area contributed by atoms with Crippen molar-refractivity contribution in [3.63, 3.8) is 0 Å². The van der Waals surface area contributed by atoms with Crippen molar-refractivity contribution < 1.29 is 22.3 Å². The number of hydrogen-bond donors (Lipinski definition) is 2. The molecule has 2 saturated heterocycles. The van der Waals surface area contributed by atoms with E-state index >= 15 is 0 Å². The first kappa shape index (κ1) is 25.8. The van der Waals surface area contributed by atoms with Crippen LogP contribution in [0.2, 0.25) is 0 Å². The lowest BCUT2D eigenvalue weighted by Gasteiger charge is -2.34. The molecule has 3 aromatic heterocycles. The number of aromatic amines is 1. The molecule has 0 unspecified atom stereocenters. The number of nitrogens with zero attached hydrogens (tertiary/aromatic N) is 5. The molecule has 39 heavy (non-hydrogen) atoms. The minimum atomic E-state index is -4.67. The Bertz CT molecular complexity index is 1510. The number of H-pyrrole nitrogens is 1. The molecule has 2 fully saturated rings. The van der Waals surface area contributed by atoms with Gasteiger partial charge in [0.05, 0.1) is 42.8 Å². The van der Waals surface area contributed by atoms with Crippen LogP contribution in [0.4, 0.5) is 23.4 Å². The largest absolute Gasteiger partial charge is 0.433 e. The summed E-state index contributed by atoms with van der Waals surface area (Å²) in [7, 11) is 0. The van der Waals surface area contributed by atoms with E-state index in [1.54, 1.807) is 25.3 Å². The zero-order valence-electron chi connectivity index (χ0n) is 21.6. The smallest absolute Gasteiger partial charge is 0.377 e. The molecule has 4 aromatic rings. The van der Waals surface area contributed by atoms with Crippen LogP contribution in [0.1, 0.15) is 31.2 Å². The average molecular weight is 544 g/mol. The molecule has 0 amide bonds. The van der Waals surface area contributed by atoms with Crippen LogP contribution in [-0.4, -0.2) is 63.1 Å². The highest BCUT2D eigenvalue weighted by Crippen LogP contribution is 2.41. The average Bonchev–Trinajstić information content (AvgIpc) is 3.64. The molecule has 2 N–H and O–H groups in total. The van der Waals surface area contributed by atoms with E-state index in [9.17, 15) is 17.6 Å². The van der Waals surface area contributed by atoms with Gasteiger partial charge in [-0.2, -0.15) is 18.3 Å². The fourth-order valence-electron chi connectivity index (χ4n) is 5.64. The zero-order chi connectivity index (χ0) is 27.3. The maximum Gasteiger partial charge on any atom is 0.433 e. The maximum absolute atomic E-state index is 14.6. The van der Waals surface area contributed by atoms with Gasteiger partial charge in [-0.3, -0.25) is 4.68 Å². The van der Waals surface area contributed by atoms with Crippen LogP contribution in [0, 0.1) is 12.7 Å². The molecular weight excluding hydrogens is 514 g/mol. The minimum absolute atomic E-state index is 0.0616. The van der Waals surface area contributed by atoms with Crippen molar-refractivity contribution >= 4 is 16.7 Å². The number of halogens is 4. The second-order valence-corrected chi connectivity index (χ2v) is 10.2. The Morgan fingerprint density at radius 1 is 1.18 bits per heavy atom. The molecule has 0 aliphatic carbocycles. The lowest BCUT2D eigenvalue weighted by molar-refractivity contribution is -0.143. The molecule has 2 aliphatic heterocycles. The summed E-state index contributed by atoms with van der Waals surface area (Å²) in [6, 6.07) is 5.88. The van der Waals surface area contributed by atoms with Gasteiger partial charge in [-0.05, 0) is 51.4 Å². The summed E-state index contributed by atoms with van der Waals surface area (Å²) >= 11 is 0. The number of ether oxygens (including phenoxy) is 1. The molecule has 0 radical (unpaired) electrons. The quantitative estimate of drug-likeness (QED) is 0.348. The molecule has 12 heteroatoms. The summed E-state index contributed by atoms with van der Waals surface area (Å²) in [6.07, 6.45) is -1.29. The normalized spacial score (nSPS) is 20.3. The fraction of sp³-hybridized carbons (Fsp3) is 0.444. The van der Waals surface area contributed by atoms with Crippen LogP contribution < -0.4 is 10.2 Å². The van der Waals surface area contributed by atoms with Gasteiger partial charge in [-0.25, -0.2) is 14.4 Å². The molecule has 0 saturated carbocycles. The van der Waals surface area contributed by atoms with E-state index in [1.165, 1.54) is 12.1 Å². The molecule has 8 nitrogen and oxygen atoms in total. The highest BCUT2D eigenvalue weighted by molar-refractivity contribution is 5.94. The Hall–Kier alpha value is -3.51. The van der Waals surface area contributed by atoms with Crippen molar-refractivity contribution in [1.29, 1.82) is 0 Å². The number of benzene rings is 1. The number of morpholine rings is 1. The van der Waals surface area contributed by atoms with Crippen molar-refractivity contribution in [2.75, 3.05) is 31.2 Å². The van der Waals surface area contributed by atoms with Crippen LogP contribution in [0.25, 0.3) is 33.5 Å². The monoisotopic (exact) mass is 543 g/mol. The van der Waals surface area contributed by atoms with E-state index in [-0.39, 0.29) is 41.4 Å². The predicted molar refractivity (Wildman–Crippen MR) is 139 cm³/mol. The van der Waals surface area contributed by atoms with Crippen LogP contribution in [0.5, 0.6) is 0 Å². The first-order chi connectivity index (χ1) is 18.7. The van der Waals surface area contributed by atoms with Crippen molar-refractivity contribution in [2.45, 2.75) is 51.5 Å². The van der Waals surface area contributed by atoms with Gasteiger partial charge in [0.1, 0.15) is 11.6 Å². The Balaban J connectivity index is 1.56. The summed E-state index contributed by atoms with van der Waals surface area (Å²) in [5.41, 5.74) is 0.320. The summed E-state index contributed by atoms with van der Waals surface area (Å²) in [5, 5.41) is 8.25. The van der Waals surface area contributed by atoms with E-state index in [2.05, 4.69) is 20.4 Å².